The van der Waals surface area contributed by atoms with Crippen LogP contribution < -0.4 is 113 Å². The number of hydrogen-bond donors (Lipinski definition) is 0. The topological polar surface area (TPSA) is 81.7 Å². The summed E-state index contributed by atoms with van der Waals surface area (Å²) in [5.74, 6) is 0. The first-order valence-electron chi connectivity index (χ1n) is 11.4. The molecule has 0 unspecified atom stereocenters. The van der Waals surface area contributed by atoms with Gasteiger partial charge < -0.3 is 23.6 Å². The first-order valence-corrected chi connectivity index (χ1v) is 12.8. The number of hydrogen-bond acceptors (Lipinski definition) is 5. The van der Waals surface area contributed by atoms with Crippen LogP contribution in [0.2, 0.25) is 0 Å². The largest absolute Gasteiger partial charge is 1.00 e. The Morgan fingerprint density at radius 1 is 0.667 bits per heavy atom. The van der Waals surface area contributed by atoms with Crippen molar-refractivity contribution in [1.82, 2.24) is 0 Å². The monoisotopic (exact) mass is 498 g/mol. The first-order chi connectivity index (χ1) is 13.5. The van der Waals surface area contributed by atoms with Crippen LogP contribution in [0.25, 0.3) is 0 Å². The van der Waals surface area contributed by atoms with Gasteiger partial charge in [-0.25, -0.2) is 0 Å². The van der Waals surface area contributed by atoms with E-state index >= 15 is 0 Å². The van der Waals surface area contributed by atoms with Gasteiger partial charge in [0.1, 0.15) is 0 Å². The number of allylic oxidation sites excluding steroid dienone is 2. The molecule has 0 spiro atoms. The average molecular weight is 499 g/mol. The van der Waals surface area contributed by atoms with Gasteiger partial charge in [0.2, 0.25) is 0 Å². The fourth-order valence-electron chi connectivity index (χ4n) is 2.73. The van der Waals surface area contributed by atoms with Crippen molar-refractivity contribution in [2.75, 3.05) is 19.8 Å². The van der Waals surface area contributed by atoms with E-state index in [-0.39, 0.29) is 109 Å². The van der Waals surface area contributed by atoms with Gasteiger partial charge >= 0.3 is 103 Å². The maximum Gasteiger partial charge on any atom is 1.00 e. The molecule has 0 atom stereocenters. The Morgan fingerprint density at radius 3 is 1.43 bits per heavy atom. The number of phosphoric ester groups is 1. The van der Waals surface area contributed by atoms with Gasteiger partial charge in [0.15, 0.2) is 0 Å². The maximum absolute atomic E-state index is 10.2. The summed E-state index contributed by atoms with van der Waals surface area (Å²) in [5, 5.41) is 0. The third kappa shape index (κ3) is 44.7. The van der Waals surface area contributed by atoms with Crippen molar-refractivity contribution < 1.29 is 126 Å². The molecule has 30 heavy (non-hydrogen) atoms. The molecule has 0 aliphatic heterocycles. The summed E-state index contributed by atoms with van der Waals surface area (Å²) in [6.45, 7) is 7.95. The van der Waals surface area contributed by atoms with Crippen LogP contribution in [0.5, 0.6) is 0 Å². The summed E-state index contributed by atoms with van der Waals surface area (Å²) >= 11 is 0. The molecule has 0 heterocycles. The molecule has 5 nitrogen and oxygen atoms in total. The predicted octanol–water partition coefficient (Wildman–Crippen LogP) is -0.0800. The maximum atomic E-state index is 10.2. The second kappa shape index (κ2) is 34.3. The summed E-state index contributed by atoms with van der Waals surface area (Å²) in [6.07, 6.45) is 21.4. The van der Waals surface area contributed by atoms with Crippen LogP contribution in [0.15, 0.2) is 12.2 Å². The van der Waals surface area contributed by atoms with Crippen LogP contribution in [0.1, 0.15) is 111 Å². The van der Waals surface area contributed by atoms with E-state index in [1.54, 1.807) is 0 Å². The van der Waals surface area contributed by atoms with E-state index in [0.717, 1.165) is 38.9 Å². The van der Waals surface area contributed by atoms with Gasteiger partial charge in [-0.05, 0) is 46.0 Å². The van der Waals surface area contributed by atoms with Gasteiger partial charge in [-0.2, -0.15) is 0 Å². The van der Waals surface area contributed by atoms with Crippen molar-refractivity contribution in [1.29, 1.82) is 0 Å². The molecule has 0 aliphatic carbocycles. The molecule has 0 radical (unpaired) electrons. The Balaban J connectivity index is -0.000000429. The van der Waals surface area contributed by atoms with E-state index in [0.29, 0.717) is 6.42 Å². The molecule has 0 aromatic carbocycles. The second-order valence-electron chi connectivity index (χ2n) is 7.00. The van der Waals surface area contributed by atoms with Crippen molar-refractivity contribution in [2.45, 2.75) is 111 Å². The smallest absolute Gasteiger partial charge is 0.790 e. The fraction of sp³-hybridized carbons (Fsp3) is 0.909. The first kappa shape index (κ1) is 40.3. The van der Waals surface area contributed by atoms with Gasteiger partial charge in [0.25, 0.3) is 0 Å². The molecule has 0 saturated heterocycles. The molecule has 170 valence electrons. The van der Waals surface area contributed by atoms with E-state index in [1.807, 2.05) is 13.8 Å². The minimum Gasteiger partial charge on any atom is -0.790 e. The Labute approximate surface area is 272 Å². The number of phosphoric acid groups is 1. The number of rotatable bonds is 19. The summed E-state index contributed by atoms with van der Waals surface area (Å²) in [6, 6.07) is 0. The normalized spacial score (nSPS) is 10.8. The number of ether oxygens (including phenoxy) is 1. The van der Waals surface area contributed by atoms with Gasteiger partial charge in [0.05, 0.1) is 14.4 Å². The quantitative estimate of drug-likeness (QED) is 0.108. The molecular formula is C22H45K2O5P. The standard InChI is InChI=1S/C18H37O4P.C4H10O.2K/c1-2-3-4-5-6-7-8-9-10-11-12-13-14-15-16-17-18-22-23(19,20)21;1-3-5-4-2;;/h9-10H,2-8,11-18H2,1H3,(H2,19,20,21);3-4H2,1-2H3;;/q;;2*+1/p-2/b10-9-;;;. The molecule has 0 rings (SSSR count). The minimum absolute atomic E-state index is 0. The summed E-state index contributed by atoms with van der Waals surface area (Å²) < 4.78 is 19.3. The SMILES string of the molecule is CCCCCCCC/C=C\CCCCCCCCOP(=O)([O-])[O-].CCOCC.[K+].[K+]. The molecule has 0 aliphatic rings. The van der Waals surface area contributed by atoms with E-state index in [4.69, 9.17) is 4.74 Å². The zero-order valence-corrected chi connectivity index (χ0v) is 27.8. The Kier molecular flexibility index (Phi) is 46.0. The Morgan fingerprint density at radius 2 is 1.07 bits per heavy atom. The van der Waals surface area contributed by atoms with Crippen molar-refractivity contribution in [2.24, 2.45) is 0 Å². The van der Waals surface area contributed by atoms with Gasteiger partial charge in [-0.3, -0.25) is 0 Å². The van der Waals surface area contributed by atoms with Gasteiger partial charge in [0, 0.05) is 13.2 Å². The summed E-state index contributed by atoms with van der Waals surface area (Å²) in [7, 11) is -4.76. The Hall–Kier alpha value is 3.08. The van der Waals surface area contributed by atoms with Crippen molar-refractivity contribution in [3.8, 4) is 0 Å². The molecule has 0 amide bonds. The zero-order chi connectivity index (χ0) is 21.3. The van der Waals surface area contributed by atoms with Crippen molar-refractivity contribution in [3.05, 3.63) is 12.2 Å². The van der Waals surface area contributed by atoms with Crippen LogP contribution in [0.4, 0.5) is 0 Å². The molecule has 0 N–H and O–H groups in total. The molecule has 0 fully saturated rings. The molecule has 0 aromatic rings. The zero-order valence-electron chi connectivity index (χ0n) is 20.7. The predicted molar refractivity (Wildman–Crippen MR) is 115 cm³/mol. The summed E-state index contributed by atoms with van der Waals surface area (Å²) in [4.78, 5) is 20.5. The number of unbranched alkanes of at least 4 members (excludes halogenated alkanes) is 12. The van der Waals surface area contributed by atoms with E-state index in [2.05, 4.69) is 23.6 Å². The van der Waals surface area contributed by atoms with Crippen LogP contribution >= 0.6 is 7.82 Å². The molecule has 0 bridgehead atoms. The van der Waals surface area contributed by atoms with Crippen molar-refractivity contribution in [3.63, 3.8) is 0 Å². The second-order valence-corrected chi connectivity index (χ2v) is 8.15. The van der Waals surface area contributed by atoms with Gasteiger partial charge in [-0.1, -0.05) is 76.9 Å². The van der Waals surface area contributed by atoms with Crippen LogP contribution in [-0.2, 0) is 13.8 Å². The van der Waals surface area contributed by atoms with E-state index in [1.165, 1.54) is 57.8 Å². The van der Waals surface area contributed by atoms with Crippen molar-refractivity contribution >= 4 is 7.82 Å². The van der Waals surface area contributed by atoms with E-state index in [9.17, 15) is 14.4 Å². The van der Waals surface area contributed by atoms with E-state index < -0.39 is 7.82 Å². The van der Waals surface area contributed by atoms with Crippen LogP contribution in [-0.4, -0.2) is 19.8 Å². The molecule has 0 aromatic heterocycles. The molecule has 8 heteroatoms. The fourth-order valence-corrected chi connectivity index (χ4v) is 3.08. The minimum atomic E-state index is -4.76. The summed E-state index contributed by atoms with van der Waals surface area (Å²) in [5.41, 5.74) is 0. The van der Waals surface area contributed by atoms with Gasteiger partial charge in [-0.15, -0.1) is 0 Å². The third-order valence-electron chi connectivity index (χ3n) is 4.31. The molecular weight excluding hydrogens is 453 g/mol. The third-order valence-corrected chi connectivity index (χ3v) is 4.81. The molecule has 0 saturated carbocycles. The average Bonchev–Trinajstić information content (AvgIpc) is 2.64. The van der Waals surface area contributed by atoms with Crippen LogP contribution in [0, 0.1) is 0 Å². The van der Waals surface area contributed by atoms with Crippen LogP contribution in [0.3, 0.4) is 0 Å². The Bertz CT molecular complexity index is 363.